The Labute approximate surface area is 111 Å². The van der Waals surface area contributed by atoms with Crippen LogP contribution in [0.1, 0.15) is 52.4 Å². The van der Waals surface area contributed by atoms with Crippen molar-refractivity contribution in [2.75, 3.05) is 6.61 Å². The van der Waals surface area contributed by atoms with Gasteiger partial charge >= 0.3 is 5.97 Å². The average Bonchev–Trinajstić information content (AvgIpc) is 2.05. The number of hydrogen-bond acceptors (Lipinski definition) is 2. The van der Waals surface area contributed by atoms with Gasteiger partial charge in [0, 0.05) is 44.2 Å². The third-order valence-electron chi connectivity index (χ3n) is 1.72. The van der Waals surface area contributed by atoms with Crippen LogP contribution in [0.3, 0.4) is 0 Å². The molecule has 0 unspecified atom stereocenters. The second-order valence-electron chi connectivity index (χ2n) is 3.03. The van der Waals surface area contributed by atoms with Gasteiger partial charge < -0.3 is 4.74 Å². The van der Waals surface area contributed by atoms with Crippen molar-refractivity contribution in [1.29, 1.82) is 0 Å². The number of ether oxygens (including phenoxy) is 1. The summed E-state index contributed by atoms with van der Waals surface area (Å²) in [5.41, 5.74) is 0. The van der Waals surface area contributed by atoms with E-state index in [0.717, 1.165) is 12.8 Å². The van der Waals surface area contributed by atoms with Crippen LogP contribution in [0.15, 0.2) is 0 Å². The molecular formula is C10H20CaO2. The van der Waals surface area contributed by atoms with Crippen molar-refractivity contribution in [2.45, 2.75) is 52.4 Å². The van der Waals surface area contributed by atoms with Crippen LogP contribution >= 0.6 is 0 Å². The first-order valence-corrected chi connectivity index (χ1v) is 4.96. The van der Waals surface area contributed by atoms with E-state index in [4.69, 9.17) is 4.74 Å². The maximum Gasteiger partial charge on any atom is 0.305 e. The van der Waals surface area contributed by atoms with Crippen LogP contribution in [-0.4, -0.2) is 50.3 Å². The largest absolute Gasteiger partial charge is 0.466 e. The van der Waals surface area contributed by atoms with Gasteiger partial charge in [0.2, 0.25) is 0 Å². The Morgan fingerprint density at radius 2 is 1.77 bits per heavy atom. The molecule has 13 heavy (non-hydrogen) atoms. The quantitative estimate of drug-likeness (QED) is 0.368. The van der Waals surface area contributed by atoms with E-state index in [1.807, 2.05) is 6.92 Å². The molecular weight excluding hydrogens is 192 g/mol. The molecule has 2 radical (unpaired) electrons. The summed E-state index contributed by atoms with van der Waals surface area (Å²) in [4.78, 5) is 10.9. The Balaban J connectivity index is 0. The molecule has 0 heterocycles. The van der Waals surface area contributed by atoms with Crippen LogP contribution in [0, 0.1) is 0 Å². The summed E-state index contributed by atoms with van der Waals surface area (Å²) in [6, 6.07) is 0. The minimum Gasteiger partial charge on any atom is -0.466 e. The van der Waals surface area contributed by atoms with Crippen LogP contribution in [0.4, 0.5) is 0 Å². The summed E-state index contributed by atoms with van der Waals surface area (Å²) in [7, 11) is 0. The number of esters is 1. The molecule has 74 valence electrons. The zero-order valence-corrected chi connectivity index (χ0v) is 11.2. The first-order valence-electron chi connectivity index (χ1n) is 4.96. The first-order chi connectivity index (χ1) is 5.81. The number of rotatable bonds is 7. The Morgan fingerprint density at radius 1 is 1.08 bits per heavy atom. The molecule has 0 aromatic rings. The second-order valence-corrected chi connectivity index (χ2v) is 3.03. The van der Waals surface area contributed by atoms with Gasteiger partial charge in [-0.15, -0.1) is 0 Å². The molecule has 0 fully saturated rings. The molecule has 0 aliphatic carbocycles. The third kappa shape index (κ3) is 12.7. The minimum absolute atomic E-state index is 0. The summed E-state index contributed by atoms with van der Waals surface area (Å²) in [5.74, 6) is -0.0472. The molecule has 2 nitrogen and oxygen atoms in total. The average molecular weight is 212 g/mol. The van der Waals surface area contributed by atoms with Gasteiger partial charge in [0.15, 0.2) is 0 Å². The normalized spacial score (nSPS) is 9.08. The molecule has 0 aliphatic heterocycles. The molecule has 0 rings (SSSR count). The van der Waals surface area contributed by atoms with Crippen molar-refractivity contribution in [3.63, 3.8) is 0 Å². The van der Waals surface area contributed by atoms with E-state index in [0.29, 0.717) is 13.0 Å². The summed E-state index contributed by atoms with van der Waals surface area (Å²) in [5, 5.41) is 0. The van der Waals surface area contributed by atoms with Crippen molar-refractivity contribution in [2.24, 2.45) is 0 Å². The number of hydrogen-bond donors (Lipinski definition) is 0. The predicted molar refractivity (Wildman–Crippen MR) is 55.8 cm³/mol. The molecule has 0 spiro atoms. The van der Waals surface area contributed by atoms with Crippen molar-refractivity contribution < 1.29 is 9.53 Å². The van der Waals surface area contributed by atoms with Crippen LogP contribution in [-0.2, 0) is 9.53 Å². The SMILES string of the molecule is CCCCCCOC(=O)CCC.[Ca]. The fourth-order valence-electron chi connectivity index (χ4n) is 0.991. The van der Waals surface area contributed by atoms with E-state index in [2.05, 4.69) is 6.92 Å². The standard InChI is InChI=1S/C10H20O2.Ca/c1-3-5-6-7-9-12-10(11)8-4-2;/h3-9H2,1-2H3;. The molecule has 0 aliphatic rings. The Hall–Kier alpha value is 0.730. The van der Waals surface area contributed by atoms with E-state index in [9.17, 15) is 4.79 Å². The molecule has 0 aromatic carbocycles. The summed E-state index contributed by atoms with van der Waals surface area (Å²) < 4.78 is 4.99. The van der Waals surface area contributed by atoms with E-state index in [1.54, 1.807) is 0 Å². The van der Waals surface area contributed by atoms with Gasteiger partial charge in [0.25, 0.3) is 0 Å². The van der Waals surface area contributed by atoms with Gasteiger partial charge in [-0.1, -0.05) is 33.1 Å². The van der Waals surface area contributed by atoms with Crippen LogP contribution in [0.2, 0.25) is 0 Å². The van der Waals surface area contributed by atoms with E-state index < -0.39 is 0 Å². The van der Waals surface area contributed by atoms with E-state index in [-0.39, 0.29) is 43.7 Å². The molecule has 3 heteroatoms. The van der Waals surface area contributed by atoms with Crippen molar-refractivity contribution in [3.05, 3.63) is 0 Å². The topological polar surface area (TPSA) is 26.3 Å². The monoisotopic (exact) mass is 212 g/mol. The third-order valence-corrected chi connectivity index (χ3v) is 1.72. The number of unbranched alkanes of at least 4 members (excludes halogenated alkanes) is 3. The van der Waals surface area contributed by atoms with Crippen LogP contribution in [0.25, 0.3) is 0 Å². The van der Waals surface area contributed by atoms with Crippen LogP contribution in [0.5, 0.6) is 0 Å². The molecule has 0 atom stereocenters. The van der Waals surface area contributed by atoms with Gasteiger partial charge in [-0.3, -0.25) is 4.79 Å². The maximum atomic E-state index is 10.9. The second kappa shape index (κ2) is 12.7. The molecule has 0 amide bonds. The van der Waals surface area contributed by atoms with Crippen molar-refractivity contribution >= 4 is 43.7 Å². The fourth-order valence-corrected chi connectivity index (χ4v) is 0.991. The van der Waals surface area contributed by atoms with E-state index >= 15 is 0 Å². The Bertz CT molecular complexity index is 115. The van der Waals surface area contributed by atoms with Crippen molar-refractivity contribution in [3.8, 4) is 0 Å². The van der Waals surface area contributed by atoms with Gasteiger partial charge in [0.05, 0.1) is 6.61 Å². The Kier molecular flexibility index (Phi) is 15.8. The zero-order valence-electron chi connectivity index (χ0n) is 8.97. The van der Waals surface area contributed by atoms with Gasteiger partial charge in [-0.2, -0.15) is 0 Å². The van der Waals surface area contributed by atoms with Crippen LogP contribution < -0.4 is 0 Å². The number of carbonyl (C=O) groups is 1. The number of carbonyl (C=O) groups excluding carboxylic acids is 1. The van der Waals surface area contributed by atoms with Crippen molar-refractivity contribution in [1.82, 2.24) is 0 Å². The fraction of sp³-hybridized carbons (Fsp3) is 0.900. The minimum atomic E-state index is -0.0472. The molecule has 0 bridgehead atoms. The Morgan fingerprint density at radius 3 is 2.31 bits per heavy atom. The van der Waals surface area contributed by atoms with Gasteiger partial charge in [0.1, 0.15) is 0 Å². The summed E-state index contributed by atoms with van der Waals surface area (Å²) in [6.07, 6.45) is 6.11. The summed E-state index contributed by atoms with van der Waals surface area (Å²) in [6.45, 7) is 4.76. The first kappa shape index (κ1) is 16.2. The smallest absolute Gasteiger partial charge is 0.305 e. The molecule has 0 N–H and O–H groups in total. The summed E-state index contributed by atoms with van der Waals surface area (Å²) >= 11 is 0. The van der Waals surface area contributed by atoms with Gasteiger partial charge in [-0.05, 0) is 12.8 Å². The maximum absolute atomic E-state index is 10.9. The molecule has 0 aromatic heterocycles. The molecule has 0 saturated carbocycles. The predicted octanol–water partition coefficient (Wildman–Crippen LogP) is 2.53. The van der Waals surface area contributed by atoms with Gasteiger partial charge in [-0.25, -0.2) is 0 Å². The molecule has 0 saturated heterocycles. The zero-order chi connectivity index (χ0) is 9.23. The van der Waals surface area contributed by atoms with E-state index in [1.165, 1.54) is 19.3 Å².